The molecular formula is C12H14FNO4. The lowest BCUT2D eigenvalue weighted by molar-refractivity contribution is -0.143. The summed E-state index contributed by atoms with van der Waals surface area (Å²) in [6.07, 6.45) is -0.545. The molecule has 0 saturated carbocycles. The van der Waals surface area contributed by atoms with Gasteiger partial charge in [-0.2, -0.15) is 0 Å². The van der Waals surface area contributed by atoms with E-state index in [1.807, 2.05) is 0 Å². The standard InChI is InChI=1S/C12H14FNO4/c1-14(11(15)8-12(16)17)5-6-18-10-4-2-3-9(13)7-10/h2-4,7H,5-6,8H2,1H3,(H,16,17). The summed E-state index contributed by atoms with van der Waals surface area (Å²) in [4.78, 5) is 22.9. The molecular weight excluding hydrogens is 241 g/mol. The van der Waals surface area contributed by atoms with Crippen LogP contribution in [-0.2, 0) is 9.59 Å². The molecule has 1 aromatic carbocycles. The van der Waals surface area contributed by atoms with Crippen LogP contribution in [0.25, 0.3) is 0 Å². The van der Waals surface area contributed by atoms with Crippen LogP contribution < -0.4 is 4.74 Å². The Morgan fingerprint density at radius 3 is 2.78 bits per heavy atom. The first-order valence-electron chi connectivity index (χ1n) is 5.33. The lowest BCUT2D eigenvalue weighted by Gasteiger charge is -2.16. The van der Waals surface area contributed by atoms with Crippen molar-refractivity contribution < 1.29 is 23.8 Å². The Hall–Kier alpha value is -2.11. The Labute approximate surface area is 104 Å². The van der Waals surface area contributed by atoms with Crippen LogP contribution in [0.4, 0.5) is 4.39 Å². The second-order valence-corrected chi connectivity index (χ2v) is 3.69. The summed E-state index contributed by atoms with van der Waals surface area (Å²) in [5.41, 5.74) is 0. The van der Waals surface area contributed by atoms with E-state index in [-0.39, 0.29) is 13.2 Å². The van der Waals surface area contributed by atoms with Gasteiger partial charge in [0, 0.05) is 13.1 Å². The topological polar surface area (TPSA) is 66.8 Å². The number of carboxylic acid groups (broad SMARTS) is 1. The van der Waals surface area contributed by atoms with E-state index >= 15 is 0 Å². The average molecular weight is 255 g/mol. The molecule has 1 N–H and O–H groups in total. The van der Waals surface area contributed by atoms with Gasteiger partial charge in [-0.3, -0.25) is 9.59 Å². The van der Waals surface area contributed by atoms with Crippen molar-refractivity contribution in [1.29, 1.82) is 0 Å². The maximum absolute atomic E-state index is 12.8. The van der Waals surface area contributed by atoms with Crippen LogP contribution in [0.3, 0.4) is 0 Å². The second kappa shape index (κ2) is 6.58. The minimum absolute atomic E-state index is 0.172. The van der Waals surface area contributed by atoms with E-state index in [0.717, 1.165) is 0 Å². The van der Waals surface area contributed by atoms with Crippen molar-refractivity contribution in [3.05, 3.63) is 30.1 Å². The monoisotopic (exact) mass is 255 g/mol. The summed E-state index contributed by atoms with van der Waals surface area (Å²) in [5, 5.41) is 8.45. The van der Waals surface area contributed by atoms with Crippen LogP contribution in [0.15, 0.2) is 24.3 Å². The SMILES string of the molecule is CN(CCOc1cccc(F)c1)C(=O)CC(=O)O. The number of hydrogen-bond acceptors (Lipinski definition) is 3. The first-order chi connectivity index (χ1) is 8.49. The Bertz CT molecular complexity index is 436. The molecule has 0 fully saturated rings. The zero-order valence-corrected chi connectivity index (χ0v) is 9.93. The minimum atomic E-state index is -1.17. The Morgan fingerprint density at radius 1 is 1.44 bits per heavy atom. The normalized spacial score (nSPS) is 9.89. The largest absolute Gasteiger partial charge is 0.492 e. The van der Waals surface area contributed by atoms with Crippen molar-refractivity contribution in [3.63, 3.8) is 0 Å². The highest BCUT2D eigenvalue weighted by molar-refractivity contribution is 5.93. The van der Waals surface area contributed by atoms with Gasteiger partial charge in [0.1, 0.15) is 24.6 Å². The number of amides is 1. The Kier molecular flexibility index (Phi) is 5.10. The Morgan fingerprint density at radius 2 is 2.17 bits per heavy atom. The van der Waals surface area contributed by atoms with E-state index in [1.165, 1.54) is 30.1 Å². The molecule has 6 heteroatoms. The number of carboxylic acids is 1. The predicted molar refractivity (Wildman–Crippen MR) is 61.8 cm³/mol. The lowest BCUT2D eigenvalue weighted by Crippen LogP contribution is -2.32. The first kappa shape index (κ1) is 14.0. The fourth-order valence-corrected chi connectivity index (χ4v) is 1.25. The molecule has 0 spiro atoms. The van der Waals surface area contributed by atoms with Crippen LogP contribution in [-0.4, -0.2) is 42.1 Å². The molecule has 98 valence electrons. The molecule has 0 bridgehead atoms. The number of likely N-dealkylation sites (N-methyl/N-ethyl adjacent to an activating group) is 1. The van der Waals surface area contributed by atoms with Crippen LogP contribution in [0.5, 0.6) is 5.75 Å². The molecule has 0 unspecified atom stereocenters. The molecule has 0 aliphatic rings. The van der Waals surface area contributed by atoms with Gasteiger partial charge in [-0.15, -0.1) is 0 Å². The number of carbonyl (C=O) groups is 2. The van der Waals surface area contributed by atoms with E-state index < -0.39 is 24.1 Å². The molecule has 0 heterocycles. The molecule has 0 aliphatic carbocycles. The van der Waals surface area contributed by atoms with Gasteiger partial charge in [-0.05, 0) is 12.1 Å². The Balaban J connectivity index is 2.33. The fraction of sp³-hybridized carbons (Fsp3) is 0.333. The number of nitrogens with zero attached hydrogens (tertiary/aromatic N) is 1. The van der Waals surface area contributed by atoms with Crippen LogP contribution >= 0.6 is 0 Å². The van der Waals surface area contributed by atoms with Gasteiger partial charge in [-0.1, -0.05) is 6.07 Å². The van der Waals surface area contributed by atoms with Gasteiger partial charge < -0.3 is 14.7 Å². The predicted octanol–water partition coefficient (Wildman–Crippen LogP) is 1.14. The molecule has 1 amide bonds. The van der Waals surface area contributed by atoms with E-state index in [1.54, 1.807) is 6.07 Å². The number of ether oxygens (including phenoxy) is 1. The second-order valence-electron chi connectivity index (χ2n) is 3.69. The number of rotatable bonds is 6. The summed E-state index contributed by atoms with van der Waals surface area (Å²) in [7, 11) is 1.49. The van der Waals surface area contributed by atoms with Gasteiger partial charge >= 0.3 is 5.97 Å². The molecule has 18 heavy (non-hydrogen) atoms. The quantitative estimate of drug-likeness (QED) is 0.774. The van der Waals surface area contributed by atoms with Crippen molar-refractivity contribution in [1.82, 2.24) is 4.90 Å². The van der Waals surface area contributed by atoms with Gasteiger partial charge in [0.05, 0.1) is 6.54 Å². The third-order valence-electron chi connectivity index (χ3n) is 2.22. The van der Waals surface area contributed by atoms with Crippen molar-refractivity contribution in [2.24, 2.45) is 0 Å². The van der Waals surface area contributed by atoms with E-state index in [0.29, 0.717) is 5.75 Å². The number of hydrogen-bond donors (Lipinski definition) is 1. The highest BCUT2D eigenvalue weighted by Gasteiger charge is 2.12. The van der Waals surface area contributed by atoms with Crippen molar-refractivity contribution in [2.45, 2.75) is 6.42 Å². The fourth-order valence-electron chi connectivity index (χ4n) is 1.25. The summed E-state index contributed by atoms with van der Waals surface area (Å²) in [5.74, 6) is -1.69. The number of halogens is 1. The molecule has 1 aromatic rings. The molecule has 0 atom stereocenters. The zero-order valence-electron chi connectivity index (χ0n) is 9.93. The van der Waals surface area contributed by atoms with Crippen LogP contribution in [0.2, 0.25) is 0 Å². The molecule has 5 nitrogen and oxygen atoms in total. The summed E-state index contributed by atoms with van der Waals surface area (Å²) in [6, 6.07) is 5.65. The smallest absolute Gasteiger partial charge is 0.312 e. The third-order valence-corrected chi connectivity index (χ3v) is 2.22. The number of carbonyl (C=O) groups excluding carboxylic acids is 1. The summed E-state index contributed by atoms with van der Waals surface area (Å²) >= 11 is 0. The maximum atomic E-state index is 12.8. The summed E-state index contributed by atoms with van der Waals surface area (Å²) < 4.78 is 18.0. The molecule has 0 aromatic heterocycles. The van der Waals surface area contributed by atoms with E-state index in [4.69, 9.17) is 9.84 Å². The molecule has 0 saturated heterocycles. The highest BCUT2D eigenvalue weighted by Crippen LogP contribution is 2.11. The third kappa shape index (κ3) is 4.82. The van der Waals surface area contributed by atoms with Gasteiger partial charge in [0.15, 0.2) is 0 Å². The van der Waals surface area contributed by atoms with Crippen LogP contribution in [0.1, 0.15) is 6.42 Å². The highest BCUT2D eigenvalue weighted by atomic mass is 19.1. The molecule has 0 aliphatic heterocycles. The number of benzene rings is 1. The maximum Gasteiger partial charge on any atom is 0.312 e. The van der Waals surface area contributed by atoms with E-state index in [2.05, 4.69) is 0 Å². The average Bonchev–Trinajstić information content (AvgIpc) is 2.28. The van der Waals surface area contributed by atoms with Crippen molar-refractivity contribution in [2.75, 3.05) is 20.2 Å². The molecule has 0 radical (unpaired) electrons. The van der Waals surface area contributed by atoms with Crippen LogP contribution in [0, 0.1) is 5.82 Å². The minimum Gasteiger partial charge on any atom is -0.492 e. The lowest BCUT2D eigenvalue weighted by atomic mass is 10.3. The number of aliphatic carboxylic acids is 1. The van der Waals surface area contributed by atoms with Crippen molar-refractivity contribution in [3.8, 4) is 5.75 Å². The van der Waals surface area contributed by atoms with E-state index in [9.17, 15) is 14.0 Å². The zero-order chi connectivity index (χ0) is 13.5. The van der Waals surface area contributed by atoms with Gasteiger partial charge in [0.2, 0.25) is 5.91 Å². The van der Waals surface area contributed by atoms with Gasteiger partial charge in [-0.25, -0.2) is 4.39 Å². The van der Waals surface area contributed by atoms with Crippen molar-refractivity contribution >= 4 is 11.9 Å². The molecule has 1 rings (SSSR count). The summed E-state index contributed by atoms with van der Waals surface area (Å²) in [6.45, 7) is 0.411. The van der Waals surface area contributed by atoms with Gasteiger partial charge in [0.25, 0.3) is 0 Å². The first-order valence-corrected chi connectivity index (χ1v) is 5.33.